The fourth-order valence-electron chi connectivity index (χ4n) is 3.03. The Bertz CT molecular complexity index is 380. The Morgan fingerprint density at radius 2 is 1.74 bits per heavy atom. The highest BCUT2D eigenvalue weighted by Crippen LogP contribution is 2.34. The summed E-state index contributed by atoms with van der Waals surface area (Å²) in [6.07, 6.45) is 6.46. The summed E-state index contributed by atoms with van der Waals surface area (Å²) < 4.78 is 18.6. The highest BCUT2D eigenvalue weighted by atomic mass is 19.1. The topological polar surface area (TPSA) is 29.5 Å². The van der Waals surface area contributed by atoms with E-state index in [1.165, 1.54) is 25.0 Å². The quantitative estimate of drug-likeness (QED) is 0.846. The Hall–Kier alpha value is -0.930. The molecule has 0 radical (unpaired) electrons. The van der Waals surface area contributed by atoms with Crippen LogP contribution in [0.25, 0.3) is 0 Å². The predicted molar refractivity (Wildman–Crippen MR) is 73.6 cm³/mol. The molecule has 1 saturated carbocycles. The Balaban J connectivity index is 2.07. The van der Waals surface area contributed by atoms with Crippen LogP contribution >= 0.6 is 0 Å². The lowest BCUT2D eigenvalue weighted by atomic mass is 9.85. The summed E-state index contributed by atoms with van der Waals surface area (Å²) in [7, 11) is 1.69. The number of halogens is 1. The van der Waals surface area contributed by atoms with Crippen molar-refractivity contribution in [1.29, 1.82) is 0 Å². The predicted octanol–water partition coefficient (Wildman–Crippen LogP) is 3.47. The van der Waals surface area contributed by atoms with Crippen molar-refractivity contribution < 1.29 is 14.2 Å². The zero-order valence-corrected chi connectivity index (χ0v) is 11.6. The summed E-state index contributed by atoms with van der Waals surface area (Å²) in [5.74, 6) is -0.242. The molecule has 1 unspecified atom stereocenters. The van der Waals surface area contributed by atoms with Crippen molar-refractivity contribution in [2.24, 2.45) is 0 Å². The van der Waals surface area contributed by atoms with E-state index < -0.39 is 11.7 Å². The van der Waals surface area contributed by atoms with Crippen molar-refractivity contribution in [2.45, 2.75) is 56.7 Å². The third-order valence-corrected chi connectivity index (χ3v) is 4.31. The molecule has 106 valence electrons. The molecule has 1 N–H and O–H groups in total. The van der Waals surface area contributed by atoms with Crippen molar-refractivity contribution in [2.75, 3.05) is 7.11 Å². The van der Waals surface area contributed by atoms with Crippen LogP contribution in [-0.2, 0) is 11.2 Å². The van der Waals surface area contributed by atoms with Crippen LogP contribution in [0.4, 0.5) is 4.39 Å². The van der Waals surface area contributed by atoms with E-state index in [-0.39, 0.29) is 5.82 Å². The second kappa shape index (κ2) is 6.49. The maximum Gasteiger partial charge on any atom is 0.123 e. The zero-order chi connectivity index (χ0) is 13.7. The standard InChI is InChI=1S/C16H23FO2/c1-19-16(10-4-2-3-5-11-16)15(18)12-13-6-8-14(17)9-7-13/h6-9,15,18H,2-5,10-12H2,1H3. The zero-order valence-electron chi connectivity index (χ0n) is 11.6. The molecular formula is C16H23FO2. The second-order valence-corrected chi connectivity index (χ2v) is 5.53. The monoisotopic (exact) mass is 266 g/mol. The van der Waals surface area contributed by atoms with Gasteiger partial charge in [-0.2, -0.15) is 0 Å². The smallest absolute Gasteiger partial charge is 0.123 e. The first kappa shape index (κ1) is 14.5. The number of benzene rings is 1. The van der Waals surface area contributed by atoms with E-state index in [2.05, 4.69) is 0 Å². The third-order valence-electron chi connectivity index (χ3n) is 4.31. The first-order chi connectivity index (χ1) is 9.16. The summed E-state index contributed by atoms with van der Waals surface area (Å²) in [5, 5.41) is 10.6. The number of methoxy groups -OCH3 is 1. The summed E-state index contributed by atoms with van der Waals surface area (Å²) in [5.41, 5.74) is 0.528. The Morgan fingerprint density at radius 1 is 1.16 bits per heavy atom. The van der Waals surface area contributed by atoms with Gasteiger partial charge in [-0.05, 0) is 30.5 Å². The molecule has 0 bridgehead atoms. The first-order valence-electron chi connectivity index (χ1n) is 7.14. The molecule has 1 fully saturated rings. The molecule has 2 rings (SSSR count). The van der Waals surface area contributed by atoms with E-state index in [4.69, 9.17) is 4.74 Å². The first-order valence-corrected chi connectivity index (χ1v) is 7.14. The van der Waals surface area contributed by atoms with Crippen molar-refractivity contribution in [3.63, 3.8) is 0 Å². The molecule has 0 heterocycles. The maximum atomic E-state index is 12.9. The molecule has 19 heavy (non-hydrogen) atoms. The van der Waals surface area contributed by atoms with Gasteiger partial charge in [0.05, 0.1) is 11.7 Å². The molecule has 1 aromatic rings. The van der Waals surface area contributed by atoms with Crippen molar-refractivity contribution in [3.05, 3.63) is 35.6 Å². The van der Waals surface area contributed by atoms with E-state index in [0.717, 1.165) is 31.2 Å². The summed E-state index contributed by atoms with van der Waals surface area (Å²) in [4.78, 5) is 0. The van der Waals surface area contributed by atoms with Crippen LogP contribution in [0.5, 0.6) is 0 Å². The molecule has 3 heteroatoms. The van der Waals surface area contributed by atoms with Crippen LogP contribution in [-0.4, -0.2) is 23.9 Å². The van der Waals surface area contributed by atoms with Crippen LogP contribution in [0.2, 0.25) is 0 Å². The van der Waals surface area contributed by atoms with Gasteiger partial charge in [-0.25, -0.2) is 4.39 Å². The van der Waals surface area contributed by atoms with Crippen LogP contribution < -0.4 is 0 Å². The maximum absolute atomic E-state index is 12.9. The normalized spacial score (nSPS) is 20.8. The van der Waals surface area contributed by atoms with Crippen LogP contribution in [0.3, 0.4) is 0 Å². The number of hydrogen-bond donors (Lipinski definition) is 1. The third kappa shape index (κ3) is 3.54. The SMILES string of the molecule is COC1(C(O)Cc2ccc(F)cc2)CCCCCC1. The van der Waals surface area contributed by atoms with E-state index in [1.54, 1.807) is 19.2 Å². The van der Waals surface area contributed by atoms with Gasteiger partial charge in [-0.3, -0.25) is 0 Å². The number of aliphatic hydroxyl groups excluding tert-OH is 1. The van der Waals surface area contributed by atoms with E-state index in [9.17, 15) is 9.50 Å². The number of rotatable bonds is 4. The van der Waals surface area contributed by atoms with Gasteiger partial charge < -0.3 is 9.84 Å². The molecule has 0 amide bonds. The van der Waals surface area contributed by atoms with E-state index in [1.807, 2.05) is 0 Å². The van der Waals surface area contributed by atoms with Crippen molar-refractivity contribution in [1.82, 2.24) is 0 Å². The fraction of sp³-hybridized carbons (Fsp3) is 0.625. The van der Waals surface area contributed by atoms with Gasteiger partial charge in [0.1, 0.15) is 5.82 Å². The van der Waals surface area contributed by atoms with E-state index in [0.29, 0.717) is 6.42 Å². The average molecular weight is 266 g/mol. The van der Waals surface area contributed by atoms with Crippen molar-refractivity contribution >= 4 is 0 Å². The molecule has 0 spiro atoms. The molecule has 1 aromatic carbocycles. The number of aliphatic hydroxyl groups is 1. The van der Waals surface area contributed by atoms with Gasteiger partial charge >= 0.3 is 0 Å². The minimum atomic E-state index is -0.527. The van der Waals surface area contributed by atoms with Gasteiger partial charge in [0.2, 0.25) is 0 Å². The van der Waals surface area contributed by atoms with Gasteiger partial charge in [0.15, 0.2) is 0 Å². The van der Waals surface area contributed by atoms with Crippen LogP contribution in [0.15, 0.2) is 24.3 Å². The molecule has 1 aliphatic rings. The molecule has 2 nitrogen and oxygen atoms in total. The number of hydrogen-bond acceptors (Lipinski definition) is 2. The molecule has 1 aliphatic carbocycles. The van der Waals surface area contributed by atoms with Gasteiger partial charge in [0, 0.05) is 13.5 Å². The van der Waals surface area contributed by atoms with Gasteiger partial charge in [-0.1, -0.05) is 37.8 Å². The highest BCUT2D eigenvalue weighted by Gasteiger charge is 2.38. The molecule has 0 aliphatic heterocycles. The summed E-state index contributed by atoms with van der Waals surface area (Å²) >= 11 is 0. The Labute approximate surface area is 114 Å². The molecule has 1 atom stereocenters. The van der Waals surface area contributed by atoms with Crippen LogP contribution in [0, 0.1) is 5.82 Å². The average Bonchev–Trinajstić information content (AvgIpc) is 2.67. The number of ether oxygens (including phenoxy) is 1. The van der Waals surface area contributed by atoms with E-state index >= 15 is 0 Å². The van der Waals surface area contributed by atoms with Crippen molar-refractivity contribution in [3.8, 4) is 0 Å². The van der Waals surface area contributed by atoms with Gasteiger partial charge in [0.25, 0.3) is 0 Å². The highest BCUT2D eigenvalue weighted by molar-refractivity contribution is 5.17. The second-order valence-electron chi connectivity index (χ2n) is 5.53. The molecule has 0 saturated heterocycles. The summed E-state index contributed by atoms with van der Waals surface area (Å²) in [6, 6.07) is 6.35. The molecular weight excluding hydrogens is 243 g/mol. The Morgan fingerprint density at radius 3 is 2.26 bits per heavy atom. The fourth-order valence-corrected chi connectivity index (χ4v) is 3.03. The Kier molecular flexibility index (Phi) is 4.94. The summed E-state index contributed by atoms with van der Waals surface area (Å²) in [6.45, 7) is 0. The molecule has 0 aromatic heterocycles. The largest absolute Gasteiger partial charge is 0.390 e. The minimum Gasteiger partial charge on any atom is -0.390 e. The lowest BCUT2D eigenvalue weighted by molar-refractivity contribution is -0.111. The lowest BCUT2D eigenvalue weighted by Crippen LogP contribution is -2.45. The van der Waals surface area contributed by atoms with Crippen LogP contribution in [0.1, 0.15) is 44.1 Å². The minimum absolute atomic E-state index is 0.242. The van der Waals surface area contributed by atoms with Gasteiger partial charge in [-0.15, -0.1) is 0 Å². The lowest BCUT2D eigenvalue weighted by Gasteiger charge is -2.36.